The van der Waals surface area contributed by atoms with Crippen molar-refractivity contribution >= 4 is 23.1 Å². The summed E-state index contributed by atoms with van der Waals surface area (Å²) in [5.74, 6) is 0.822. The predicted octanol–water partition coefficient (Wildman–Crippen LogP) is 4.75. The first-order valence-electron chi connectivity index (χ1n) is 9.77. The summed E-state index contributed by atoms with van der Waals surface area (Å²) in [4.78, 5) is 23.9. The van der Waals surface area contributed by atoms with E-state index in [1.165, 1.54) is 12.1 Å². The van der Waals surface area contributed by atoms with Crippen molar-refractivity contribution in [1.29, 1.82) is 0 Å². The molecule has 1 saturated heterocycles. The van der Waals surface area contributed by atoms with Crippen LogP contribution in [0.1, 0.15) is 18.4 Å². The molecule has 6 heteroatoms. The Kier molecular flexibility index (Phi) is 5.75. The molecule has 0 saturated carbocycles. The van der Waals surface area contributed by atoms with Gasteiger partial charge in [-0.25, -0.2) is 4.39 Å². The average molecular weight is 404 g/mol. The number of ether oxygens (including phenoxy) is 1. The lowest BCUT2D eigenvalue weighted by molar-refractivity contribution is -0.124. The van der Waals surface area contributed by atoms with Crippen LogP contribution in [0.15, 0.2) is 72.8 Å². The maximum absolute atomic E-state index is 13.0. The molecule has 3 aromatic carbocycles. The zero-order valence-corrected chi connectivity index (χ0v) is 16.2. The summed E-state index contributed by atoms with van der Waals surface area (Å²) >= 11 is 0. The first kappa shape index (κ1) is 19.6. The number of rotatable bonds is 7. The van der Waals surface area contributed by atoms with Gasteiger partial charge in [0.25, 0.3) is 0 Å². The molecule has 0 radical (unpaired) electrons. The molecule has 1 aliphatic heterocycles. The zero-order valence-electron chi connectivity index (χ0n) is 16.2. The highest BCUT2D eigenvalue weighted by molar-refractivity contribution is 5.93. The molecule has 0 spiro atoms. The molecule has 30 heavy (non-hydrogen) atoms. The van der Waals surface area contributed by atoms with Gasteiger partial charge in [-0.05, 0) is 66.6 Å². The second-order valence-corrected chi connectivity index (χ2v) is 7.16. The van der Waals surface area contributed by atoms with E-state index in [2.05, 4.69) is 10.6 Å². The Labute approximate surface area is 173 Å². The van der Waals surface area contributed by atoms with Crippen LogP contribution in [0.2, 0.25) is 0 Å². The van der Waals surface area contributed by atoms with Crippen molar-refractivity contribution in [1.82, 2.24) is 5.32 Å². The van der Waals surface area contributed by atoms with Gasteiger partial charge in [-0.1, -0.05) is 18.2 Å². The van der Waals surface area contributed by atoms with Gasteiger partial charge in [0.15, 0.2) is 5.78 Å². The highest BCUT2D eigenvalue weighted by Crippen LogP contribution is 2.26. The zero-order chi connectivity index (χ0) is 20.9. The van der Waals surface area contributed by atoms with Gasteiger partial charge >= 0.3 is 0 Å². The van der Waals surface area contributed by atoms with Gasteiger partial charge in [0, 0.05) is 24.2 Å². The van der Waals surface area contributed by atoms with E-state index < -0.39 is 6.04 Å². The van der Waals surface area contributed by atoms with E-state index in [0.717, 1.165) is 16.9 Å². The number of hydrogen-bond acceptors (Lipinski definition) is 4. The molecule has 1 amide bonds. The Morgan fingerprint density at radius 1 is 1.00 bits per heavy atom. The minimum atomic E-state index is -0.395. The van der Waals surface area contributed by atoms with E-state index in [1.807, 2.05) is 48.5 Å². The standard InChI is InChI=1S/C24H21FN2O3/c25-17-5-9-19(10-6-17)30-20-11-7-18(8-12-20)26-21-4-2-1-3-16(21)15-23(28)22-13-14-24(29)27-22/h1-12,22,26H,13-15H2,(H,27,29)/t22-/m0/s1. The second kappa shape index (κ2) is 8.78. The maximum Gasteiger partial charge on any atom is 0.220 e. The van der Waals surface area contributed by atoms with E-state index in [-0.39, 0.29) is 23.9 Å². The monoisotopic (exact) mass is 404 g/mol. The summed E-state index contributed by atoms with van der Waals surface area (Å²) in [6.07, 6.45) is 1.21. The summed E-state index contributed by atoms with van der Waals surface area (Å²) in [5.41, 5.74) is 2.55. The van der Waals surface area contributed by atoms with Crippen LogP contribution < -0.4 is 15.4 Å². The van der Waals surface area contributed by atoms with Gasteiger partial charge in [-0.3, -0.25) is 9.59 Å². The number of benzene rings is 3. The number of carbonyl (C=O) groups excluding carboxylic acids is 2. The number of amides is 1. The molecule has 3 aromatic rings. The van der Waals surface area contributed by atoms with Gasteiger partial charge < -0.3 is 15.4 Å². The van der Waals surface area contributed by atoms with E-state index in [9.17, 15) is 14.0 Å². The topological polar surface area (TPSA) is 67.4 Å². The average Bonchev–Trinajstić information content (AvgIpc) is 3.19. The third kappa shape index (κ3) is 4.84. The molecule has 1 aliphatic rings. The van der Waals surface area contributed by atoms with Crippen LogP contribution in [-0.2, 0) is 16.0 Å². The lowest BCUT2D eigenvalue weighted by atomic mass is 10.0. The molecule has 1 heterocycles. The maximum atomic E-state index is 13.0. The quantitative estimate of drug-likeness (QED) is 0.596. The predicted molar refractivity (Wildman–Crippen MR) is 113 cm³/mol. The van der Waals surface area contributed by atoms with Crippen LogP contribution in [0.3, 0.4) is 0 Å². The molecular formula is C24H21FN2O3. The largest absolute Gasteiger partial charge is 0.457 e. The SMILES string of the molecule is O=C1CC[C@@H](C(=O)Cc2ccccc2Nc2ccc(Oc3ccc(F)cc3)cc2)N1. The Balaban J connectivity index is 1.42. The summed E-state index contributed by atoms with van der Waals surface area (Å²) in [5, 5.41) is 6.06. The summed E-state index contributed by atoms with van der Waals surface area (Å²) in [6, 6.07) is 20.4. The fourth-order valence-corrected chi connectivity index (χ4v) is 3.36. The summed E-state index contributed by atoms with van der Waals surface area (Å²) < 4.78 is 18.7. The number of ketones is 1. The lowest BCUT2D eigenvalue weighted by Gasteiger charge is -2.14. The summed E-state index contributed by atoms with van der Waals surface area (Å²) in [6.45, 7) is 0. The van der Waals surface area contributed by atoms with E-state index in [1.54, 1.807) is 12.1 Å². The van der Waals surface area contributed by atoms with E-state index in [4.69, 9.17) is 4.74 Å². The van der Waals surface area contributed by atoms with Crippen molar-refractivity contribution < 1.29 is 18.7 Å². The normalized spacial score (nSPS) is 15.5. The lowest BCUT2D eigenvalue weighted by Crippen LogP contribution is -2.34. The molecule has 0 aromatic heterocycles. The number of halogens is 1. The van der Waals surface area contributed by atoms with Crippen molar-refractivity contribution in [2.24, 2.45) is 0 Å². The van der Waals surface area contributed by atoms with Crippen molar-refractivity contribution in [2.75, 3.05) is 5.32 Å². The van der Waals surface area contributed by atoms with Crippen LogP contribution >= 0.6 is 0 Å². The fraction of sp³-hybridized carbons (Fsp3) is 0.167. The number of anilines is 2. The van der Waals surface area contributed by atoms with Gasteiger partial charge in [-0.2, -0.15) is 0 Å². The number of hydrogen-bond donors (Lipinski definition) is 2. The molecular weight excluding hydrogens is 383 g/mol. The van der Waals surface area contributed by atoms with Crippen LogP contribution in [0.25, 0.3) is 0 Å². The van der Waals surface area contributed by atoms with Gasteiger partial charge in [0.05, 0.1) is 6.04 Å². The molecule has 2 N–H and O–H groups in total. The minimum absolute atomic E-state index is 0.0122. The van der Waals surface area contributed by atoms with Crippen molar-refractivity contribution in [3.05, 3.63) is 84.2 Å². The molecule has 0 aliphatic carbocycles. The first-order valence-corrected chi connectivity index (χ1v) is 9.77. The Morgan fingerprint density at radius 2 is 1.67 bits per heavy atom. The van der Waals surface area contributed by atoms with E-state index >= 15 is 0 Å². The van der Waals surface area contributed by atoms with Crippen LogP contribution in [0, 0.1) is 5.82 Å². The van der Waals surface area contributed by atoms with Gasteiger partial charge in [0.2, 0.25) is 5.91 Å². The van der Waals surface area contributed by atoms with Crippen LogP contribution in [0.4, 0.5) is 15.8 Å². The molecule has 0 bridgehead atoms. The smallest absolute Gasteiger partial charge is 0.220 e. The Hall–Kier alpha value is -3.67. The fourth-order valence-electron chi connectivity index (χ4n) is 3.36. The molecule has 1 atom stereocenters. The first-order chi connectivity index (χ1) is 14.6. The highest BCUT2D eigenvalue weighted by atomic mass is 19.1. The Bertz CT molecular complexity index is 1050. The molecule has 152 valence electrons. The van der Waals surface area contributed by atoms with Crippen molar-refractivity contribution in [3.8, 4) is 11.5 Å². The second-order valence-electron chi connectivity index (χ2n) is 7.16. The summed E-state index contributed by atoms with van der Waals surface area (Å²) in [7, 11) is 0. The van der Waals surface area contributed by atoms with Gasteiger partial charge in [0.1, 0.15) is 17.3 Å². The number of para-hydroxylation sites is 1. The third-order valence-corrected chi connectivity index (χ3v) is 4.95. The van der Waals surface area contributed by atoms with Crippen LogP contribution in [-0.4, -0.2) is 17.7 Å². The highest BCUT2D eigenvalue weighted by Gasteiger charge is 2.27. The number of carbonyl (C=O) groups is 2. The molecule has 4 rings (SSSR count). The number of nitrogens with one attached hydrogen (secondary N) is 2. The van der Waals surface area contributed by atoms with Gasteiger partial charge in [-0.15, -0.1) is 0 Å². The molecule has 0 unspecified atom stereocenters. The van der Waals surface area contributed by atoms with Crippen molar-refractivity contribution in [3.63, 3.8) is 0 Å². The van der Waals surface area contributed by atoms with Crippen molar-refractivity contribution in [2.45, 2.75) is 25.3 Å². The van der Waals surface area contributed by atoms with Crippen LogP contribution in [0.5, 0.6) is 11.5 Å². The van der Waals surface area contributed by atoms with E-state index in [0.29, 0.717) is 24.3 Å². The minimum Gasteiger partial charge on any atom is -0.457 e. The number of Topliss-reactive ketones (excluding diaryl/α,β-unsaturated/α-hetero) is 1. The third-order valence-electron chi connectivity index (χ3n) is 4.95. The molecule has 5 nitrogen and oxygen atoms in total. The Morgan fingerprint density at radius 3 is 2.33 bits per heavy atom. The molecule has 1 fully saturated rings.